The number of aromatic nitrogens is 3. The number of imidazole rings is 1. The predicted octanol–water partition coefficient (Wildman–Crippen LogP) is 4.15. The molecule has 7 heteroatoms. The minimum atomic E-state index is -4.41. The first-order valence-corrected chi connectivity index (χ1v) is 6.58. The molecular formula is C14H9ClF3N3. The third-order valence-electron chi connectivity index (χ3n) is 3.11. The van der Waals surface area contributed by atoms with E-state index in [1.54, 1.807) is 24.5 Å². The molecule has 0 atom stereocenters. The normalized spacial score (nSPS) is 12.0. The monoisotopic (exact) mass is 311 g/mol. The summed E-state index contributed by atoms with van der Waals surface area (Å²) >= 11 is 5.91. The van der Waals surface area contributed by atoms with Crippen molar-refractivity contribution in [1.82, 2.24) is 14.4 Å². The van der Waals surface area contributed by atoms with Crippen LogP contribution in [0.4, 0.5) is 13.2 Å². The number of rotatable bonds is 2. The van der Waals surface area contributed by atoms with Crippen molar-refractivity contribution in [3.05, 3.63) is 54.1 Å². The van der Waals surface area contributed by atoms with Crippen molar-refractivity contribution >= 4 is 17.2 Å². The summed E-state index contributed by atoms with van der Waals surface area (Å²) in [6.45, 7) is 0. The van der Waals surface area contributed by atoms with E-state index < -0.39 is 11.7 Å². The van der Waals surface area contributed by atoms with Gasteiger partial charge >= 0.3 is 6.18 Å². The van der Waals surface area contributed by atoms with Gasteiger partial charge in [0, 0.05) is 24.2 Å². The van der Waals surface area contributed by atoms with Gasteiger partial charge < -0.3 is 4.40 Å². The van der Waals surface area contributed by atoms with Gasteiger partial charge in [-0.3, -0.25) is 4.98 Å². The van der Waals surface area contributed by atoms with E-state index in [2.05, 4.69) is 9.97 Å². The van der Waals surface area contributed by atoms with Gasteiger partial charge in [-0.2, -0.15) is 13.2 Å². The first-order valence-electron chi connectivity index (χ1n) is 6.05. The quantitative estimate of drug-likeness (QED) is 0.665. The molecule has 0 unspecified atom stereocenters. The van der Waals surface area contributed by atoms with Gasteiger partial charge in [-0.1, -0.05) is 0 Å². The molecule has 3 heterocycles. The lowest BCUT2D eigenvalue weighted by Gasteiger charge is -2.07. The summed E-state index contributed by atoms with van der Waals surface area (Å²) in [7, 11) is 0. The standard InChI is InChI=1S/C14H9ClF3N3/c15-6-11-13(9-2-1-5-19-7-9)20-12-4-3-10(8-21(11)12)14(16,17)18/h1-5,7-8H,6H2. The molecule has 3 nitrogen and oxygen atoms in total. The maximum Gasteiger partial charge on any atom is 0.417 e. The van der Waals surface area contributed by atoms with Crippen LogP contribution in [-0.2, 0) is 12.1 Å². The van der Waals surface area contributed by atoms with Crippen LogP contribution in [0.5, 0.6) is 0 Å². The smallest absolute Gasteiger partial charge is 0.302 e. The molecular weight excluding hydrogens is 303 g/mol. The molecule has 108 valence electrons. The number of hydrogen-bond donors (Lipinski definition) is 0. The second kappa shape index (κ2) is 5.04. The molecule has 3 rings (SSSR count). The summed E-state index contributed by atoms with van der Waals surface area (Å²) in [4.78, 5) is 8.34. The molecule has 0 N–H and O–H groups in total. The predicted molar refractivity (Wildman–Crippen MR) is 73.0 cm³/mol. The van der Waals surface area contributed by atoms with Crippen LogP contribution >= 0.6 is 11.6 Å². The zero-order valence-corrected chi connectivity index (χ0v) is 11.4. The molecule has 0 saturated heterocycles. The van der Waals surface area contributed by atoms with Gasteiger partial charge in [-0.05, 0) is 24.3 Å². The van der Waals surface area contributed by atoms with E-state index in [1.807, 2.05) is 0 Å². The van der Waals surface area contributed by atoms with E-state index in [1.165, 1.54) is 10.5 Å². The minimum absolute atomic E-state index is 0.0483. The molecule has 21 heavy (non-hydrogen) atoms. The van der Waals surface area contributed by atoms with E-state index in [-0.39, 0.29) is 5.88 Å². The van der Waals surface area contributed by atoms with Gasteiger partial charge in [-0.15, -0.1) is 11.6 Å². The Morgan fingerprint density at radius 1 is 1.19 bits per heavy atom. The molecule has 0 saturated carbocycles. The van der Waals surface area contributed by atoms with Gasteiger partial charge in [0.15, 0.2) is 0 Å². The fourth-order valence-electron chi connectivity index (χ4n) is 2.12. The lowest BCUT2D eigenvalue weighted by atomic mass is 10.2. The Morgan fingerprint density at radius 2 is 2.00 bits per heavy atom. The fraction of sp³-hybridized carbons (Fsp3) is 0.143. The summed E-state index contributed by atoms with van der Waals surface area (Å²) < 4.78 is 39.8. The Kier molecular flexibility index (Phi) is 3.33. The Morgan fingerprint density at radius 3 is 2.62 bits per heavy atom. The van der Waals surface area contributed by atoms with Crippen molar-refractivity contribution in [3.8, 4) is 11.3 Å². The van der Waals surface area contributed by atoms with Crippen LogP contribution in [0.3, 0.4) is 0 Å². The minimum Gasteiger partial charge on any atom is -0.302 e. The molecule has 0 aromatic carbocycles. The van der Waals surface area contributed by atoms with Gasteiger partial charge in [0.1, 0.15) is 5.65 Å². The molecule has 0 fully saturated rings. The highest BCUT2D eigenvalue weighted by atomic mass is 35.5. The van der Waals surface area contributed by atoms with Crippen LogP contribution < -0.4 is 0 Å². The van der Waals surface area contributed by atoms with E-state index in [0.29, 0.717) is 22.6 Å². The lowest BCUT2D eigenvalue weighted by molar-refractivity contribution is -0.137. The second-order valence-corrected chi connectivity index (χ2v) is 4.69. The number of pyridine rings is 2. The molecule has 0 aliphatic rings. The van der Waals surface area contributed by atoms with E-state index in [4.69, 9.17) is 11.6 Å². The summed E-state index contributed by atoms with van der Waals surface area (Å²) in [6.07, 6.45) is -0.180. The van der Waals surface area contributed by atoms with Gasteiger partial charge in [-0.25, -0.2) is 4.98 Å². The van der Waals surface area contributed by atoms with Gasteiger partial charge in [0.05, 0.1) is 22.8 Å². The first kappa shape index (κ1) is 13.9. The number of alkyl halides is 4. The molecule has 0 spiro atoms. The van der Waals surface area contributed by atoms with Crippen molar-refractivity contribution in [3.63, 3.8) is 0 Å². The van der Waals surface area contributed by atoms with Crippen molar-refractivity contribution in [2.24, 2.45) is 0 Å². The third-order valence-corrected chi connectivity index (χ3v) is 3.36. The highest BCUT2D eigenvalue weighted by molar-refractivity contribution is 6.17. The van der Waals surface area contributed by atoms with Crippen LogP contribution in [0.15, 0.2) is 42.9 Å². The van der Waals surface area contributed by atoms with Crippen LogP contribution in [0, 0.1) is 0 Å². The molecule has 0 amide bonds. The first-order chi connectivity index (χ1) is 10.0. The molecule has 0 aliphatic carbocycles. The molecule has 3 aromatic heterocycles. The summed E-state index contributed by atoms with van der Waals surface area (Å²) in [5.41, 5.74) is 1.43. The third kappa shape index (κ3) is 2.47. The number of nitrogens with zero attached hydrogens (tertiary/aromatic N) is 3. The largest absolute Gasteiger partial charge is 0.417 e. The van der Waals surface area contributed by atoms with E-state index >= 15 is 0 Å². The number of hydrogen-bond acceptors (Lipinski definition) is 2. The van der Waals surface area contributed by atoms with Crippen LogP contribution in [-0.4, -0.2) is 14.4 Å². The van der Waals surface area contributed by atoms with E-state index in [9.17, 15) is 13.2 Å². The highest BCUT2D eigenvalue weighted by Crippen LogP contribution is 2.31. The maximum absolute atomic E-state index is 12.8. The molecule has 0 aliphatic heterocycles. The summed E-state index contributed by atoms with van der Waals surface area (Å²) in [5.74, 6) is 0.0483. The summed E-state index contributed by atoms with van der Waals surface area (Å²) in [6, 6.07) is 5.86. The lowest BCUT2D eigenvalue weighted by Crippen LogP contribution is -2.06. The van der Waals surface area contributed by atoms with Crippen LogP contribution in [0.25, 0.3) is 16.9 Å². The van der Waals surface area contributed by atoms with Gasteiger partial charge in [0.2, 0.25) is 0 Å². The molecule has 0 radical (unpaired) electrons. The van der Waals surface area contributed by atoms with Crippen LogP contribution in [0.2, 0.25) is 0 Å². The second-order valence-electron chi connectivity index (χ2n) is 4.43. The average Bonchev–Trinajstić information content (AvgIpc) is 2.84. The average molecular weight is 312 g/mol. The van der Waals surface area contributed by atoms with Gasteiger partial charge in [0.25, 0.3) is 0 Å². The SMILES string of the molecule is FC(F)(F)c1ccc2nc(-c3cccnc3)c(CCl)n2c1. The van der Waals surface area contributed by atoms with Crippen molar-refractivity contribution in [2.75, 3.05) is 0 Å². The van der Waals surface area contributed by atoms with Crippen molar-refractivity contribution in [2.45, 2.75) is 12.1 Å². The highest BCUT2D eigenvalue weighted by Gasteiger charge is 2.31. The van der Waals surface area contributed by atoms with Crippen molar-refractivity contribution in [1.29, 1.82) is 0 Å². The topological polar surface area (TPSA) is 30.2 Å². The fourth-order valence-corrected chi connectivity index (χ4v) is 2.38. The number of halogens is 4. The number of fused-ring (bicyclic) bond motifs is 1. The zero-order chi connectivity index (χ0) is 15.0. The Hall–Kier alpha value is -2.08. The Bertz CT molecular complexity index is 781. The summed E-state index contributed by atoms with van der Waals surface area (Å²) in [5, 5.41) is 0. The Balaban J connectivity index is 2.24. The van der Waals surface area contributed by atoms with Crippen LogP contribution in [0.1, 0.15) is 11.3 Å². The molecule has 3 aromatic rings. The van der Waals surface area contributed by atoms with E-state index in [0.717, 1.165) is 12.3 Å². The van der Waals surface area contributed by atoms with Crippen molar-refractivity contribution < 1.29 is 13.2 Å². The maximum atomic E-state index is 12.8. The Labute approximate surface area is 123 Å². The zero-order valence-electron chi connectivity index (χ0n) is 10.6. The molecule has 0 bridgehead atoms.